The van der Waals surface area contributed by atoms with E-state index in [-0.39, 0.29) is 5.78 Å². The summed E-state index contributed by atoms with van der Waals surface area (Å²) in [7, 11) is 6.12. The molecule has 0 unspecified atom stereocenters. The summed E-state index contributed by atoms with van der Waals surface area (Å²) >= 11 is 1.74. The van der Waals surface area contributed by atoms with Gasteiger partial charge in [-0.3, -0.25) is 4.79 Å². The molecular formula is C21H24O5S. The van der Waals surface area contributed by atoms with Crippen LogP contribution in [0.5, 0.6) is 23.0 Å². The highest BCUT2D eigenvalue weighted by Crippen LogP contribution is 2.46. The predicted molar refractivity (Wildman–Crippen MR) is 109 cm³/mol. The number of methoxy groups -OCH3 is 4. The third kappa shape index (κ3) is 4.77. The first-order chi connectivity index (χ1) is 13.1. The monoisotopic (exact) mass is 388 g/mol. The van der Waals surface area contributed by atoms with Crippen molar-refractivity contribution in [2.45, 2.75) is 11.8 Å². The minimum atomic E-state index is -0.0983. The Balaban J connectivity index is 2.35. The Bertz CT molecular complexity index is 812. The zero-order valence-electron chi connectivity index (χ0n) is 16.2. The van der Waals surface area contributed by atoms with Gasteiger partial charge < -0.3 is 18.9 Å². The smallest absolute Gasteiger partial charge is 0.207 e. The van der Waals surface area contributed by atoms with E-state index in [0.717, 1.165) is 10.6 Å². The Kier molecular flexibility index (Phi) is 7.61. The molecule has 0 aliphatic heterocycles. The van der Waals surface area contributed by atoms with Gasteiger partial charge in [0, 0.05) is 16.0 Å². The lowest BCUT2D eigenvalue weighted by molar-refractivity contribution is 0.104. The average molecular weight is 388 g/mol. The number of carbonyl (C=O) groups excluding carboxylic acids is 1. The first kappa shape index (κ1) is 20.7. The van der Waals surface area contributed by atoms with Gasteiger partial charge in [-0.25, -0.2) is 0 Å². The second-order valence-corrected chi connectivity index (χ2v) is 6.76. The molecule has 0 saturated heterocycles. The third-order valence-electron chi connectivity index (χ3n) is 3.88. The van der Waals surface area contributed by atoms with Gasteiger partial charge in [0.1, 0.15) is 0 Å². The maximum Gasteiger partial charge on any atom is 0.207 e. The molecule has 2 aromatic rings. The molecule has 27 heavy (non-hydrogen) atoms. The zero-order chi connectivity index (χ0) is 19.8. The lowest BCUT2D eigenvalue weighted by Gasteiger charge is -2.17. The second-order valence-electron chi connectivity index (χ2n) is 5.42. The SMILES string of the molecule is CCSc1ccc(C(=O)/C=C/c2cc(OC)c(OC)c(OC)c2OC)cc1. The van der Waals surface area contributed by atoms with Crippen molar-refractivity contribution in [3.63, 3.8) is 0 Å². The van der Waals surface area contributed by atoms with E-state index in [1.165, 1.54) is 34.5 Å². The molecule has 0 atom stereocenters. The van der Waals surface area contributed by atoms with Crippen LogP contribution in [0.15, 0.2) is 41.3 Å². The fourth-order valence-electron chi connectivity index (χ4n) is 2.63. The lowest BCUT2D eigenvalue weighted by Crippen LogP contribution is -2.00. The molecule has 0 bridgehead atoms. The molecule has 0 heterocycles. The number of benzene rings is 2. The van der Waals surface area contributed by atoms with Gasteiger partial charge in [-0.1, -0.05) is 6.92 Å². The molecule has 0 radical (unpaired) electrons. The first-order valence-corrected chi connectivity index (χ1v) is 9.40. The first-order valence-electron chi connectivity index (χ1n) is 8.41. The van der Waals surface area contributed by atoms with E-state index < -0.39 is 0 Å². The summed E-state index contributed by atoms with van der Waals surface area (Å²) in [5.74, 6) is 2.70. The molecule has 0 saturated carbocycles. The lowest BCUT2D eigenvalue weighted by atomic mass is 10.1. The van der Waals surface area contributed by atoms with Crippen LogP contribution in [0.25, 0.3) is 6.08 Å². The van der Waals surface area contributed by atoms with E-state index in [1.807, 2.05) is 24.3 Å². The summed E-state index contributed by atoms with van der Waals surface area (Å²) in [6.45, 7) is 2.09. The summed E-state index contributed by atoms with van der Waals surface area (Å²) in [5.41, 5.74) is 1.27. The Labute approximate surface area is 164 Å². The fourth-order valence-corrected chi connectivity index (χ4v) is 3.29. The number of carbonyl (C=O) groups is 1. The molecular weight excluding hydrogens is 364 g/mol. The zero-order valence-corrected chi connectivity index (χ0v) is 17.0. The van der Waals surface area contributed by atoms with E-state index in [9.17, 15) is 4.79 Å². The molecule has 0 amide bonds. The average Bonchev–Trinajstić information content (AvgIpc) is 2.71. The van der Waals surface area contributed by atoms with E-state index >= 15 is 0 Å². The van der Waals surface area contributed by atoms with Crippen molar-refractivity contribution in [3.8, 4) is 23.0 Å². The van der Waals surface area contributed by atoms with Gasteiger partial charge in [-0.15, -0.1) is 11.8 Å². The Hall–Kier alpha value is -2.60. The largest absolute Gasteiger partial charge is 0.493 e. The van der Waals surface area contributed by atoms with E-state index in [2.05, 4.69) is 6.92 Å². The van der Waals surface area contributed by atoms with Crippen LogP contribution in [0, 0.1) is 0 Å². The van der Waals surface area contributed by atoms with Crippen LogP contribution in [0.3, 0.4) is 0 Å². The maximum absolute atomic E-state index is 12.5. The van der Waals surface area contributed by atoms with Crippen molar-refractivity contribution < 1.29 is 23.7 Å². The number of hydrogen-bond acceptors (Lipinski definition) is 6. The number of ketones is 1. The third-order valence-corrected chi connectivity index (χ3v) is 4.78. The summed E-state index contributed by atoms with van der Waals surface area (Å²) in [4.78, 5) is 13.6. The van der Waals surface area contributed by atoms with Crippen LogP contribution in [-0.2, 0) is 0 Å². The van der Waals surface area contributed by atoms with Crippen LogP contribution in [0.1, 0.15) is 22.8 Å². The summed E-state index contributed by atoms with van der Waals surface area (Å²) in [6.07, 6.45) is 3.19. The molecule has 0 aliphatic rings. The molecule has 0 spiro atoms. The summed E-state index contributed by atoms with van der Waals surface area (Å²) in [6, 6.07) is 9.31. The molecule has 144 valence electrons. The van der Waals surface area contributed by atoms with E-state index in [0.29, 0.717) is 34.1 Å². The van der Waals surface area contributed by atoms with Crippen molar-refractivity contribution in [2.24, 2.45) is 0 Å². The highest BCUT2D eigenvalue weighted by molar-refractivity contribution is 7.99. The van der Waals surface area contributed by atoms with E-state index in [1.54, 1.807) is 23.9 Å². The van der Waals surface area contributed by atoms with Crippen molar-refractivity contribution in [1.29, 1.82) is 0 Å². The normalized spacial score (nSPS) is 10.7. The number of hydrogen-bond donors (Lipinski definition) is 0. The molecule has 6 heteroatoms. The van der Waals surface area contributed by atoms with Gasteiger partial charge in [0.25, 0.3) is 0 Å². The number of allylic oxidation sites excluding steroid dienone is 1. The number of thioether (sulfide) groups is 1. The van der Waals surface area contributed by atoms with Gasteiger partial charge in [-0.2, -0.15) is 0 Å². The van der Waals surface area contributed by atoms with Gasteiger partial charge in [0.2, 0.25) is 11.5 Å². The van der Waals surface area contributed by atoms with Crippen LogP contribution < -0.4 is 18.9 Å². The molecule has 0 aliphatic carbocycles. The molecule has 2 rings (SSSR count). The molecule has 0 fully saturated rings. The van der Waals surface area contributed by atoms with Crippen molar-refractivity contribution in [2.75, 3.05) is 34.2 Å². The second kappa shape index (κ2) is 9.92. The van der Waals surface area contributed by atoms with E-state index in [4.69, 9.17) is 18.9 Å². The van der Waals surface area contributed by atoms with Gasteiger partial charge in [0.15, 0.2) is 17.3 Å². The fraction of sp³-hybridized carbons (Fsp3) is 0.286. The van der Waals surface area contributed by atoms with Gasteiger partial charge >= 0.3 is 0 Å². The minimum absolute atomic E-state index is 0.0983. The highest BCUT2D eigenvalue weighted by Gasteiger charge is 2.20. The van der Waals surface area contributed by atoms with Crippen molar-refractivity contribution in [3.05, 3.63) is 47.5 Å². The summed E-state index contributed by atoms with van der Waals surface area (Å²) in [5, 5.41) is 0. The number of rotatable bonds is 9. The Morgan fingerprint density at radius 2 is 1.56 bits per heavy atom. The topological polar surface area (TPSA) is 54.0 Å². The highest BCUT2D eigenvalue weighted by atomic mass is 32.2. The minimum Gasteiger partial charge on any atom is -0.493 e. The molecule has 5 nitrogen and oxygen atoms in total. The standard InChI is InChI=1S/C21H24O5S/c1-6-27-16-10-7-14(8-11-16)17(22)12-9-15-13-18(23-2)20(25-4)21(26-5)19(15)24-3/h7-13H,6H2,1-5H3/b12-9+. The van der Waals surface area contributed by atoms with Crippen LogP contribution in [0.2, 0.25) is 0 Å². The Morgan fingerprint density at radius 1 is 0.926 bits per heavy atom. The maximum atomic E-state index is 12.5. The molecule has 2 aromatic carbocycles. The quantitative estimate of drug-likeness (QED) is 0.352. The van der Waals surface area contributed by atoms with Crippen molar-refractivity contribution >= 4 is 23.6 Å². The Morgan fingerprint density at radius 3 is 2.07 bits per heavy atom. The van der Waals surface area contributed by atoms with Crippen molar-refractivity contribution in [1.82, 2.24) is 0 Å². The predicted octanol–water partition coefficient (Wildman–Crippen LogP) is 4.73. The van der Waals surface area contributed by atoms with Crippen LogP contribution >= 0.6 is 11.8 Å². The molecule has 0 aromatic heterocycles. The number of ether oxygens (including phenoxy) is 4. The van der Waals surface area contributed by atoms with Crippen LogP contribution in [0.4, 0.5) is 0 Å². The van der Waals surface area contributed by atoms with Crippen LogP contribution in [-0.4, -0.2) is 40.0 Å². The van der Waals surface area contributed by atoms with Gasteiger partial charge in [-0.05, 0) is 48.2 Å². The molecule has 0 N–H and O–H groups in total. The van der Waals surface area contributed by atoms with Gasteiger partial charge in [0.05, 0.1) is 28.4 Å². The summed E-state index contributed by atoms with van der Waals surface area (Å²) < 4.78 is 21.6.